The minimum atomic E-state index is -0.349. The summed E-state index contributed by atoms with van der Waals surface area (Å²) in [7, 11) is 1.37. The molecule has 100 valence electrons. The van der Waals surface area contributed by atoms with Crippen molar-refractivity contribution in [2.75, 3.05) is 7.11 Å². The topological polar surface area (TPSA) is 54.1 Å². The van der Waals surface area contributed by atoms with Gasteiger partial charge in [0.05, 0.1) is 7.11 Å². The molecule has 4 nitrogen and oxygen atoms in total. The summed E-state index contributed by atoms with van der Waals surface area (Å²) < 4.78 is 5.71. The van der Waals surface area contributed by atoms with Crippen molar-refractivity contribution in [2.45, 2.75) is 13.1 Å². The van der Waals surface area contributed by atoms with Crippen molar-refractivity contribution in [1.29, 1.82) is 0 Å². The number of hydrogen-bond acceptors (Lipinski definition) is 3. The number of benzene rings is 1. The van der Waals surface area contributed by atoms with E-state index in [-0.39, 0.29) is 5.97 Å². The number of esters is 1. The maximum absolute atomic E-state index is 11.3. The Morgan fingerprint density at radius 3 is 2.89 bits per heavy atom. The van der Waals surface area contributed by atoms with Crippen LogP contribution < -0.4 is 5.32 Å². The monoisotopic (exact) mass is 322 g/mol. The minimum Gasteiger partial charge on any atom is -0.464 e. The van der Waals surface area contributed by atoms with Gasteiger partial charge in [-0.2, -0.15) is 0 Å². The predicted octanol–water partition coefficient (Wildman–Crippen LogP) is 2.85. The van der Waals surface area contributed by atoms with Gasteiger partial charge in [-0.05, 0) is 29.8 Å². The van der Waals surface area contributed by atoms with Gasteiger partial charge in [0.1, 0.15) is 5.69 Å². The van der Waals surface area contributed by atoms with Crippen molar-refractivity contribution < 1.29 is 9.53 Å². The zero-order valence-corrected chi connectivity index (χ0v) is 12.2. The molecule has 0 atom stereocenters. The van der Waals surface area contributed by atoms with E-state index < -0.39 is 0 Å². The van der Waals surface area contributed by atoms with Gasteiger partial charge in [-0.1, -0.05) is 28.1 Å². The molecule has 0 amide bonds. The summed E-state index contributed by atoms with van der Waals surface area (Å²) in [6.45, 7) is 1.44. The zero-order chi connectivity index (χ0) is 13.7. The molecule has 2 aromatic rings. The van der Waals surface area contributed by atoms with Crippen LogP contribution in [0.25, 0.3) is 0 Å². The van der Waals surface area contributed by atoms with E-state index in [1.54, 1.807) is 6.07 Å². The molecule has 1 aromatic carbocycles. The second-order valence-electron chi connectivity index (χ2n) is 4.12. The third-order valence-corrected chi connectivity index (χ3v) is 3.18. The Balaban J connectivity index is 1.86. The van der Waals surface area contributed by atoms with Crippen molar-refractivity contribution in [1.82, 2.24) is 10.3 Å². The Hall–Kier alpha value is -1.59. The maximum Gasteiger partial charge on any atom is 0.354 e. The van der Waals surface area contributed by atoms with Crippen molar-refractivity contribution in [3.63, 3.8) is 0 Å². The third kappa shape index (κ3) is 3.94. The number of rotatable bonds is 5. The number of aromatic amines is 1. The number of carbonyl (C=O) groups is 1. The highest BCUT2D eigenvalue weighted by atomic mass is 79.9. The van der Waals surface area contributed by atoms with Crippen LogP contribution in [0.3, 0.4) is 0 Å². The highest BCUT2D eigenvalue weighted by Crippen LogP contribution is 2.11. The molecule has 5 heteroatoms. The molecule has 0 fully saturated rings. The maximum atomic E-state index is 11.3. The lowest BCUT2D eigenvalue weighted by molar-refractivity contribution is 0.0594. The molecule has 1 aromatic heterocycles. The lowest BCUT2D eigenvalue weighted by Gasteiger charge is -2.04. The Morgan fingerprint density at radius 1 is 1.32 bits per heavy atom. The largest absolute Gasteiger partial charge is 0.464 e. The predicted molar refractivity (Wildman–Crippen MR) is 76.8 cm³/mol. The summed E-state index contributed by atoms with van der Waals surface area (Å²) >= 11 is 3.44. The normalized spacial score (nSPS) is 10.4. The van der Waals surface area contributed by atoms with E-state index in [1.807, 2.05) is 18.2 Å². The first-order chi connectivity index (χ1) is 9.19. The SMILES string of the molecule is COC(=O)c1ccc(CNCc2cccc(Br)c2)[nH]1. The number of carbonyl (C=O) groups excluding carboxylic acids is 1. The molecule has 0 radical (unpaired) electrons. The second kappa shape index (κ2) is 6.54. The van der Waals surface area contributed by atoms with Gasteiger partial charge in [-0.25, -0.2) is 4.79 Å². The van der Waals surface area contributed by atoms with Crippen LogP contribution >= 0.6 is 15.9 Å². The van der Waals surface area contributed by atoms with Gasteiger partial charge in [0.15, 0.2) is 0 Å². The average molecular weight is 323 g/mol. The number of aromatic nitrogens is 1. The fraction of sp³-hybridized carbons (Fsp3) is 0.214. The summed E-state index contributed by atoms with van der Waals surface area (Å²) in [4.78, 5) is 14.3. The molecule has 0 saturated heterocycles. The molecule has 0 aliphatic carbocycles. The van der Waals surface area contributed by atoms with Crippen molar-refractivity contribution in [3.8, 4) is 0 Å². The highest BCUT2D eigenvalue weighted by Gasteiger charge is 2.07. The van der Waals surface area contributed by atoms with Crippen LogP contribution in [0.4, 0.5) is 0 Å². The van der Waals surface area contributed by atoms with Gasteiger partial charge >= 0.3 is 5.97 Å². The second-order valence-corrected chi connectivity index (χ2v) is 5.04. The van der Waals surface area contributed by atoms with E-state index in [1.165, 1.54) is 12.7 Å². The van der Waals surface area contributed by atoms with Crippen LogP contribution in [0.2, 0.25) is 0 Å². The molecule has 1 heterocycles. The van der Waals surface area contributed by atoms with Gasteiger partial charge in [-0.15, -0.1) is 0 Å². The van der Waals surface area contributed by atoms with E-state index in [0.29, 0.717) is 12.2 Å². The molecular formula is C14H15BrN2O2. The first-order valence-electron chi connectivity index (χ1n) is 5.90. The minimum absolute atomic E-state index is 0.349. The fourth-order valence-corrected chi connectivity index (χ4v) is 2.21. The molecule has 19 heavy (non-hydrogen) atoms. The molecule has 0 bridgehead atoms. The third-order valence-electron chi connectivity index (χ3n) is 2.69. The first-order valence-corrected chi connectivity index (χ1v) is 6.69. The Bertz CT molecular complexity index is 566. The Morgan fingerprint density at radius 2 is 2.16 bits per heavy atom. The molecule has 0 aliphatic rings. The van der Waals surface area contributed by atoms with Crippen molar-refractivity contribution in [2.24, 2.45) is 0 Å². The van der Waals surface area contributed by atoms with E-state index >= 15 is 0 Å². The van der Waals surface area contributed by atoms with Crippen LogP contribution in [0.1, 0.15) is 21.7 Å². The number of hydrogen-bond donors (Lipinski definition) is 2. The quantitative estimate of drug-likeness (QED) is 0.832. The summed E-state index contributed by atoms with van der Waals surface area (Å²) in [6, 6.07) is 11.7. The van der Waals surface area contributed by atoms with Gasteiger partial charge in [0.25, 0.3) is 0 Å². The molecule has 0 saturated carbocycles. The van der Waals surface area contributed by atoms with Crippen molar-refractivity contribution >= 4 is 21.9 Å². The number of halogens is 1. The Labute approximate surface area is 120 Å². The van der Waals surface area contributed by atoms with Crippen molar-refractivity contribution in [3.05, 3.63) is 57.8 Å². The molecule has 0 unspecified atom stereocenters. The lowest BCUT2D eigenvalue weighted by atomic mass is 10.2. The van der Waals surface area contributed by atoms with Crippen LogP contribution in [-0.2, 0) is 17.8 Å². The number of nitrogens with one attached hydrogen (secondary N) is 2. The summed E-state index contributed by atoms with van der Waals surface area (Å²) in [5, 5.41) is 3.31. The molecule has 2 N–H and O–H groups in total. The molecule has 0 spiro atoms. The van der Waals surface area contributed by atoms with Gasteiger partial charge < -0.3 is 15.0 Å². The van der Waals surface area contributed by atoms with Gasteiger partial charge in [-0.3, -0.25) is 0 Å². The van der Waals surface area contributed by atoms with E-state index in [0.717, 1.165) is 16.7 Å². The lowest BCUT2D eigenvalue weighted by Crippen LogP contribution is -2.13. The van der Waals surface area contributed by atoms with Crippen LogP contribution in [-0.4, -0.2) is 18.1 Å². The van der Waals surface area contributed by atoms with Gasteiger partial charge in [0, 0.05) is 23.3 Å². The van der Waals surface area contributed by atoms with E-state index in [2.05, 4.69) is 43.1 Å². The van der Waals surface area contributed by atoms with Crippen LogP contribution in [0.15, 0.2) is 40.9 Å². The van der Waals surface area contributed by atoms with E-state index in [9.17, 15) is 4.79 Å². The Kier molecular flexibility index (Phi) is 4.76. The molecule has 2 rings (SSSR count). The average Bonchev–Trinajstić information content (AvgIpc) is 2.87. The van der Waals surface area contributed by atoms with Gasteiger partial charge in [0.2, 0.25) is 0 Å². The smallest absolute Gasteiger partial charge is 0.354 e. The summed E-state index contributed by atoms with van der Waals surface area (Å²) in [6.07, 6.45) is 0. The standard InChI is InChI=1S/C14H15BrN2O2/c1-19-14(18)13-6-5-12(17-13)9-16-8-10-3-2-4-11(15)7-10/h2-7,16-17H,8-9H2,1H3. The fourth-order valence-electron chi connectivity index (χ4n) is 1.76. The van der Waals surface area contributed by atoms with E-state index in [4.69, 9.17) is 0 Å². The summed E-state index contributed by atoms with van der Waals surface area (Å²) in [5.41, 5.74) is 2.63. The molecular weight excluding hydrogens is 308 g/mol. The summed E-state index contributed by atoms with van der Waals surface area (Å²) in [5.74, 6) is -0.349. The zero-order valence-electron chi connectivity index (χ0n) is 10.6. The first kappa shape index (κ1) is 13.8. The highest BCUT2D eigenvalue weighted by molar-refractivity contribution is 9.10. The van der Waals surface area contributed by atoms with Crippen LogP contribution in [0.5, 0.6) is 0 Å². The number of ether oxygens (including phenoxy) is 1. The van der Waals surface area contributed by atoms with Crippen LogP contribution in [0, 0.1) is 0 Å². The molecule has 0 aliphatic heterocycles. The number of H-pyrrole nitrogens is 1. The number of methoxy groups -OCH3 is 1.